The number of carbonyl (C=O) groups is 1. The molecule has 7 heteroatoms. The van der Waals surface area contributed by atoms with Crippen LogP contribution in [0.15, 0.2) is 22.7 Å². The number of aryl methyl sites for hydroxylation is 1. The molecule has 1 heterocycles. The van der Waals surface area contributed by atoms with Gasteiger partial charge in [0.05, 0.1) is 0 Å². The molecule has 20 heavy (non-hydrogen) atoms. The fraction of sp³-hybridized carbons (Fsp3) is 0.385. The van der Waals surface area contributed by atoms with E-state index < -0.39 is 5.97 Å². The largest absolute Gasteiger partial charge is 0.481 e. The molecule has 0 aliphatic heterocycles. The average Bonchev–Trinajstić information content (AvgIpc) is 2.79. The van der Waals surface area contributed by atoms with E-state index in [4.69, 9.17) is 5.11 Å². The molecule has 2 aromatic rings. The van der Waals surface area contributed by atoms with Crippen LogP contribution in [-0.4, -0.2) is 31.3 Å². The fourth-order valence-electron chi connectivity index (χ4n) is 1.92. The molecule has 1 atom stereocenters. The number of hydrogen-bond donors (Lipinski definition) is 1. The molecule has 1 unspecified atom stereocenters. The number of halogens is 1. The fourth-order valence-corrected chi connectivity index (χ4v) is 2.30. The van der Waals surface area contributed by atoms with E-state index in [1.54, 1.807) is 4.68 Å². The van der Waals surface area contributed by atoms with Crippen molar-refractivity contribution in [2.45, 2.75) is 26.8 Å². The third-order valence-electron chi connectivity index (χ3n) is 2.97. The van der Waals surface area contributed by atoms with Crippen LogP contribution in [-0.2, 0) is 11.3 Å². The first-order valence-corrected chi connectivity index (χ1v) is 7.01. The summed E-state index contributed by atoms with van der Waals surface area (Å²) < 4.78 is 2.63. The van der Waals surface area contributed by atoms with Gasteiger partial charge in [-0.15, -0.1) is 5.10 Å². The summed E-state index contributed by atoms with van der Waals surface area (Å²) >= 11 is 3.48. The molecule has 106 valence electrons. The van der Waals surface area contributed by atoms with Crippen molar-refractivity contribution in [1.29, 1.82) is 0 Å². The number of aliphatic carboxylic acids is 1. The highest BCUT2D eigenvalue weighted by Gasteiger charge is 2.14. The number of nitrogens with zero attached hydrogens (tertiary/aromatic N) is 4. The van der Waals surface area contributed by atoms with Gasteiger partial charge in [-0.2, -0.15) is 0 Å². The summed E-state index contributed by atoms with van der Waals surface area (Å²) in [6.07, 6.45) is 0.0941. The van der Waals surface area contributed by atoms with E-state index in [0.717, 1.165) is 15.6 Å². The van der Waals surface area contributed by atoms with E-state index in [1.807, 2.05) is 32.0 Å². The second-order valence-electron chi connectivity index (χ2n) is 4.85. The number of carboxylic acid groups (broad SMARTS) is 1. The van der Waals surface area contributed by atoms with Crippen molar-refractivity contribution >= 4 is 21.9 Å². The summed E-state index contributed by atoms with van der Waals surface area (Å²) in [5.41, 5.74) is 2.03. The minimum atomic E-state index is -0.815. The van der Waals surface area contributed by atoms with Gasteiger partial charge in [-0.3, -0.25) is 4.79 Å². The Kier molecular flexibility index (Phi) is 4.49. The average molecular weight is 339 g/mol. The van der Waals surface area contributed by atoms with Gasteiger partial charge in [0, 0.05) is 23.0 Å². The Bertz CT molecular complexity index is 627. The SMILES string of the molecule is Cc1ccc(-c2nnnn2CC(C)CC(=O)O)cc1Br. The molecular weight excluding hydrogens is 324 g/mol. The molecular formula is C13H15BrN4O2. The molecule has 0 fully saturated rings. The van der Waals surface area contributed by atoms with Crippen molar-refractivity contribution < 1.29 is 9.90 Å². The van der Waals surface area contributed by atoms with E-state index in [-0.39, 0.29) is 12.3 Å². The zero-order chi connectivity index (χ0) is 14.7. The molecule has 2 rings (SSSR count). The van der Waals surface area contributed by atoms with Gasteiger partial charge < -0.3 is 5.11 Å². The standard InChI is InChI=1S/C13H15BrN4O2/c1-8(5-12(19)20)7-18-13(15-16-17-18)10-4-3-9(2)11(14)6-10/h3-4,6,8H,5,7H2,1-2H3,(H,19,20). The third kappa shape index (κ3) is 3.41. The van der Waals surface area contributed by atoms with E-state index in [1.165, 1.54) is 0 Å². The van der Waals surface area contributed by atoms with Gasteiger partial charge in [0.1, 0.15) is 0 Å². The Morgan fingerprint density at radius 2 is 2.25 bits per heavy atom. The highest BCUT2D eigenvalue weighted by molar-refractivity contribution is 9.10. The van der Waals surface area contributed by atoms with E-state index in [0.29, 0.717) is 12.4 Å². The zero-order valence-electron chi connectivity index (χ0n) is 11.2. The summed E-state index contributed by atoms with van der Waals surface area (Å²) in [4.78, 5) is 10.7. The van der Waals surface area contributed by atoms with Gasteiger partial charge in [-0.05, 0) is 34.9 Å². The van der Waals surface area contributed by atoms with Crippen LogP contribution < -0.4 is 0 Å². The second kappa shape index (κ2) is 6.13. The van der Waals surface area contributed by atoms with Crippen molar-refractivity contribution in [3.05, 3.63) is 28.2 Å². The number of benzene rings is 1. The van der Waals surface area contributed by atoms with Crippen LogP contribution in [0.1, 0.15) is 18.9 Å². The molecule has 0 spiro atoms. The number of tetrazole rings is 1. The topological polar surface area (TPSA) is 80.9 Å². The molecule has 0 aliphatic carbocycles. The van der Waals surface area contributed by atoms with Crippen molar-refractivity contribution in [2.24, 2.45) is 5.92 Å². The van der Waals surface area contributed by atoms with Gasteiger partial charge >= 0.3 is 5.97 Å². The van der Waals surface area contributed by atoms with Gasteiger partial charge in [0.25, 0.3) is 0 Å². The van der Waals surface area contributed by atoms with Gasteiger partial charge in [-0.1, -0.05) is 35.0 Å². The van der Waals surface area contributed by atoms with Crippen molar-refractivity contribution in [1.82, 2.24) is 20.2 Å². The number of hydrogen-bond acceptors (Lipinski definition) is 4. The van der Waals surface area contributed by atoms with Crippen LogP contribution in [0.25, 0.3) is 11.4 Å². The molecule has 1 N–H and O–H groups in total. The maximum absolute atomic E-state index is 10.7. The van der Waals surface area contributed by atoms with Gasteiger partial charge in [0.2, 0.25) is 0 Å². The minimum absolute atomic E-state index is 0.0383. The molecule has 0 amide bonds. The minimum Gasteiger partial charge on any atom is -0.481 e. The summed E-state index contributed by atoms with van der Waals surface area (Å²) in [7, 11) is 0. The lowest BCUT2D eigenvalue weighted by molar-refractivity contribution is -0.138. The van der Waals surface area contributed by atoms with Crippen molar-refractivity contribution in [2.75, 3.05) is 0 Å². The Hall–Kier alpha value is -1.76. The Balaban J connectivity index is 2.23. The molecule has 6 nitrogen and oxygen atoms in total. The van der Waals surface area contributed by atoms with Gasteiger partial charge in [-0.25, -0.2) is 4.68 Å². The second-order valence-corrected chi connectivity index (χ2v) is 5.71. The first-order valence-electron chi connectivity index (χ1n) is 6.22. The molecule has 0 saturated heterocycles. The first-order chi connectivity index (χ1) is 9.47. The molecule has 0 aliphatic rings. The third-order valence-corrected chi connectivity index (χ3v) is 3.82. The maximum atomic E-state index is 10.7. The van der Waals surface area contributed by atoms with Crippen LogP contribution in [0, 0.1) is 12.8 Å². The van der Waals surface area contributed by atoms with Crippen LogP contribution in [0.4, 0.5) is 0 Å². The summed E-state index contributed by atoms with van der Waals surface area (Å²) in [5.74, 6) is -0.211. The van der Waals surface area contributed by atoms with Gasteiger partial charge in [0.15, 0.2) is 5.82 Å². The predicted molar refractivity (Wildman–Crippen MR) is 77.1 cm³/mol. The highest BCUT2D eigenvalue weighted by Crippen LogP contribution is 2.24. The Morgan fingerprint density at radius 1 is 1.50 bits per heavy atom. The Morgan fingerprint density at radius 3 is 2.90 bits per heavy atom. The van der Waals surface area contributed by atoms with Crippen LogP contribution in [0.2, 0.25) is 0 Å². The summed E-state index contributed by atoms with van der Waals surface area (Å²) in [5, 5.41) is 20.4. The lowest BCUT2D eigenvalue weighted by Crippen LogP contribution is -2.14. The molecule has 0 bridgehead atoms. The van der Waals surface area contributed by atoms with Crippen molar-refractivity contribution in [3.8, 4) is 11.4 Å². The van der Waals surface area contributed by atoms with E-state index >= 15 is 0 Å². The lowest BCUT2D eigenvalue weighted by atomic mass is 10.1. The molecule has 1 aromatic carbocycles. The monoisotopic (exact) mass is 338 g/mol. The Labute approximate surface area is 124 Å². The quantitative estimate of drug-likeness (QED) is 0.905. The van der Waals surface area contributed by atoms with Crippen molar-refractivity contribution in [3.63, 3.8) is 0 Å². The molecule has 0 radical (unpaired) electrons. The lowest BCUT2D eigenvalue weighted by Gasteiger charge is -2.10. The molecule has 1 aromatic heterocycles. The van der Waals surface area contributed by atoms with Crippen LogP contribution >= 0.6 is 15.9 Å². The van der Waals surface area contributed by atoms with E-state index in [2.05, 4.69) is 31.5 Å². The summed E-state index contributed by atoms with van der Waals surface area (Å²) in [6.45, 7) is 4.34. The number of rotatable bonds is 5. The predicted octanol–water partition coefficient (Wildman–Crippen LogP) is 2.52. The summed E-state index contributed by atoms with van der Waals surface area (Å²) in [6, 6.07) is 5.89. The maximum Gasteiger partial charge on any atom is 0.303 e. The highest BCUT2D eigenvalue weighted by atomic mass is 79.9. The zero-order valence-corrected chi connectivity index (χ0v) is 12.8. The van der Waals surface area contributed by atoms with Crippen LogP contribution in [0.3, 0.4) is 0 Å². The normalized spacial score (nSPS) is 12.3. The first kappa shape index (κ1) is 14.6. The molecule has 0 saturated carbocycles. The smallest absolute Gasteiger partial charge is 0.303 e. The number of carboxylic acids is 1. The number of aromatic nitrogens is 4. The van der Waals surface area contributed by atoms with E-state index in [9.17, 15) is 4.79 Å². The van der Waals surface area contributed by atoms with Crippen LogP contribution in [0.5, 0.6) is 0 Å².